The molecule has 0 unspecified atom stereocenters. The van der Waals surface area contributed by atoms with E-state index in [0.717, 1.165) is 18.2 Å². The topological polar surface area (TPSA) is 72.4 Å². The SMILES string of the molecule is NC(=O)c1cc(N2CCC[C@H]3CCCC[C@H]32)ccc1N. The fourth-order valence-corrected chi connectivity index (χ4v) is 3.88. The van der Waals surface area contributed by atoms with Crippen LogP contribution in [-0.2, 0) is 0 Å². The van der Waals surface area contributed by atoms with Crippen molar-refractivity contribution in [2.45, 2.75) is 44.6 Å². The number of rotatable bonds is 2. The predicted molar refractivity (Wildman–Crippen MR) is 81.7 cm³/mol. The Morgan fingerprint density at radius 1 is 1.15 bits per heavy atom. The smallest absolute Gasteiger partial charge is 0.250 e. The molecule has 4 N–H and O–H groups in total. The first-order chi connectivity index (χ1) is 9.66. The van der Waals surface area contributed by atoms with Crippen molar-refractivity contribution in [1.82, 2.24) is 0 Å². The van der Waals surface area contributed by atoms with Crippen LogP contribution in [0.3, 0.4) is 0 Å². The van der Waals surface area contributed by atoms with E-state index in [2.05, 4.69) is 4.90 Å². The highest BCUT2D eigenvalue weighted by molar-refractivity contribution is 5.99. The second-order valence-electron chi connectivity index (χ2n) is 6.08. The molecule has 1 aromatic rings. The van der Waals surface area contributed by atoms with Gasteiger partial charge in [-0.3, -0.25) is 4.79 Å². The van der Waals surface area contributed by atoms with Gasteiger partial charge in [0.2, 0.25) is 0 Å². The van der Waals surface area contributed by atoms with Crippen molar-refractivity contribution in [3.63, 3.8) is 0 Å². The quantitative estimate of drug-likeness (QED) is 0.813. The summed E-state index contributed by atoms with van der Waals surface area (Å²) in [6.07, 6.45) is 7.87. The van der Waals surface area contributed by atoms with Gasteiger partial charge in [-0.15, -0.1) is 0 Å². The summed E-state index contributed by atoms with van der Waals surface area (Å²) in [5.74, 6) is 0.369. The molecule has 4 heteroatoms. The predicted octanol–water partition coefficient (Wildman–Crippen LogP) is 2.53. The van der Waals surface area contributed by atoms with Crippen LogP contribution in [-0.4, -0.2) is 18.5 Å². The fraction of sp³-hybridized carbons (Fsp3) is 0.562. The van der Waals surface area contributed by atoms with Crippen molar-refractivity contribution in [3.8, 4) is 0 Å². The molecule has 2 aliphatic rings. The van der Waals surface area contributed by atoms with Gasteiger partial charge in [0.25, 0.3) is 5.91 Å². The van der Waals surface area contributed by atoms with Crippen molar-refractivity contribution >= 4 is 17.3 Å². The van der Waals surface area contributed by atoms with E-state index < -0.39 is 5.91 Å². The second-order valence-corrected chi connectivity index (χ2v) is 6.08. The molecule has 1 aliphatic carbocycles. The number of hydrogen-bond acceptors (Lipinski definition) is 3. The van der Waals surface area contributed by atoms with Gasteiger partial charge < -0.3 is 16.4 Å². The molecule has 3 rings (SSSR count). The zero-order chi connectivity index (χ0) is 14.1. The van der Waals surface area contributed by atoms with E-state index in [9.17, 15) is 4.79 Å². The summed E-state index contributed by atoms with van der Waals surface area (Å²) in [5.41, 5.74) is 13.3. The highest BCUT2D eigenvalue weighted by atomic mass is 16.1. The maximum absolute atomic E-state index is 11.5. The lowest BCUT2D eigenvalue weighted by Crippen LogP contribution is -2.47. The van der Waals surface area contributed by atoms with Gasteiger partial charge in [0.1, 0.15) is 0 Å². The van der Waals surface area contributed by atoms with E-state index in [4.69, 9.17) is 11.5 Å². The Hall–Kier alpha value is -1.71. The highest BCUT2D eigenvalue weighted by Crippen LogP contribution is 2.38. The Bertz CT molecular complexity index is 512. The van der Waals surface area contributed by atoms with Crippen LogP contribution in [0.25, 0.3) is 0 Å². The van der Waals surface area contributed by atoms with Gasteiger partial charge in [0.05, 0.1) is 5.56 Å². The summed E-state index contributed by atoms with van der Waals surface area (Å²) in [5, 5.41) is 0. The first-order valence-electron chi connectivity index (χ1n) is 7.63. The number of nitrogens with zero attached hydrogens (tertiary/aromatic N) is 1. The van der Waals surface area contributed by atoms with Gasteiger partial charge in [-0.05, 0) is 49.8 Å². The van der Waals surface area contributed by atoms with Crippen LogP contribution in [0.15, 0.2) is 18.2 Å². The summed E-state index contributed by atoms with van der Waals surface area (Å²) in [7, 11) is 0. The number of anilines is 2. The number of amides is 1. The third kappa shape index (κ3) is 2.35. The largest absolute Gasteiger partial charge is 0.398 e. The molecule has 1 saturated heterocycles. The van der Waals surface area contributed by atoms with Crippen LogP contribution in [0.4, 0.5) is 11.4 Å². The van der Waals surface area contributed by atoms with Gasteiger partial charge in [-0.2, -0.15) is 0 Å². The number of benzene rings is 1. The van der Waals surface area contributed by atoms with Crippen molar-refractivity contribution in [3.05, 3.63) is 23.8 Å². The molecule has 2 fully saturated rings. The lowest BCUT2D eigenvalue weighted by atomic mass is 9.78. The van der Waals surface area contributed by atoms with Crippen molar-refractivity contribution in [2.75, 3.05) is 17.2 Å². The molecule has 1 heterocycles. The number of nitrogens with two attached hydrogens (primary N) is 2. The maximum Gasteiger partial charge on any atom is 0.250 e. The molecule has 1 saturated carbocycles. The monoisotopic (exact) mass is 273 g/mol. The number of piperidine rings is 1. The Labute approximate surface area is 120 Å². The van der Waals surface area contributed by atoms with Crippen LogP contribution in [0, 0.1) is 5.92 Å². The van der Waals surface area contributed by atoms with Crippen LogP contribution >= 0.6 is 0 Å². The van der Waals surface area contributed by atoms with E-state index in [1.807, 2.05) is 18.2 Å². The molecule has 1 aliphatic heterocycles. The van der Waals surface area contributed by atoms with Gasteiger partial charge >= 0.3 is 0 Å². The Kier molecular flexibility index (Phi) is 3.55. The molecule has 108 valence electrons. The zero-order valence-electron chi connectivity index (χ0n) is 11.8. The number of carbonyl (C=O) groups excluding carboxylic acids is 1. The summed E-state index contributed by atoms with van der Waals surface area (Å²) in [4.78, 5) is 13.9. The first kappa shape index (κ1) is 13.3. The van der Waals surface area contributed by atoms with E-state index in [1.165, 1.54) is 38.5 Å². The normalized spacial score (nSPS) is 26.1. The molecule has 1 aromatic carbocycles. The zero-order valence-corrected chi connectivity index (χ0v) is 11.8. The molecular weight excluding hydrogens is 250 g/mol. The minimum Gasteiger partial charge on any atom is -0.398 e. The van der Waals surface area contributed by atoms with Crippen LogP contribution in [0.2, 0.25) is 0 Å². The van der Waals surface area contributed by atoms with Crippen molar-refractivity contribution in [2.24, 2.45) is 11.7 Å². The molecule has 4 nitrogen and oxygen atoms in total. The lowest BCUT2D eigenvalue weighted by molar-refractivity contribution is 0.100. The van der Waals surface area contributed by atoms with Gasteiger partial charge in [-0.1, -0.05) is 12.8 Å². The van der Waals surface area contributed by atoms with Crippen LogP contribution in [0.1, 0.15) is 48.9 Å². The lowest BCUT2D eigenvalue weighted by Gasteiger charge is -2.45. The summed E-state index contributed by atoms with van der Waals surface area (Å²) in [6, 6.07) is 6.33. The maximum atomic E-state index is 11.5. The van der Waals surface area contributed by atoms with E-state index in [0.29, 0.717) is 17.3 Å². The highest BCUT2D eigenvalue weighted by Gasteiger charge is 2.33. The van der Waals surface area contributed by atoms with E-state index >= 15 is 0 Å². The molecule has 0 aromatic heterocycles. The van der Waals surface area contributed by atoms with Gasteiger partial charge in [0, 0.05) is 24.0 Å². The van der Waals surface area contributed by atoms with Crippen molar-refractivity contribution < 1.29 is 4.79 Å². The summed E-state index contributed by atoms with van der Waals surface area (Å²) < 4.78 is 0. The van der Waals surface area contributed by atoms with Gasteiger partial charge in [-0.25, -0.2) is 0 Å². The fourth-order valence-electron chi connectivity index (χ4n) is 3.88. The Balaban J connectivity index is 1.91. The Morgan fingerprint density at radius 2 is 1.90 bits per heavy atom. The Morgan fingerprint density at radius 3 is 2.70 bits per heavy atom. The third-order valence-electron chi connectivity index (χ3n) is 4.88. The van der Waals surface area contributed by atoms with E-state index in [-0.39, 0.29) is 0 Å². The number of carbonyl (C=O) groups is 1. The minimum absolute atomic E-state index is 0.443. The molecule has 20 heavy (non-hydrogen) atoms. The van der Waals surface area contributed by atoms with E-state index in [1.54, 1.807) is 0 Å². The summed E-state index contributed by atoms with van der Waals surface area (Å²) >= 11 is 0. The second kappa shape index (κ2) is 5.35. The average molecular weight is 273 g/mol. The standard InChI is InChI=1S/C16H23N3O/c17-14-8-7-12(10-13(14)16(18)20)19-9-3-5-11-4-1-2-6-15(11)19/h7-8,10-11,15H,1-6,9,17H2,(H2,18,20)/t11-,15-/m1/s1. The first-order valence-corrected chi connectivity index (χ1v) is 7.63. The van der Waals surface area contributed by atoms with Crippen molar-refractivity contribution in [1.29, 1.82) is 0 Å². The molecule has 1 amide bonds. The van der Waals surface area contributed by atoms with Crippen LogP contribution < -0.4 is 16.4 Å². The number of fused-ring (bicyclic) bond motifs is 1. The number of primary amides is 1. The number of hydrogen-bond donors (Lipinski definition) is 2. The molecule has 2 atom stereocenters. The molecule has 0 radical (unpaired) electrons. The van der Waals surface area contributed by atoms with Gasteiger partial charge in [0.15, 0.2) is 0 Å². The number of nitrogen functional groups attached to an aromatic ring is 1. The molecule has 0 spiro atoms. The van der Waals surface area contributed by atoms with Crippen LogP contribution in [0.5, 0.6) is 0 Å². The average Bonchev–Trinajstić information content (AvgIpc) is 2.47. The third-order valence-corrected chi connectivity index (χ3v) is 4.88. The minimum atomic E-state index is -0.443. The molecule has 0 bridgehead atoms. The summed E-state index contributed by atoms with van der Waals surface area (Å²) in [6.45, 7) is 1.07. The molecular formula is C16H23N3O.